The third-order valence-corrected chi connectivity index (χ3v) is 20.6. The zero-order chi connectivity index (χ0) is 56.2. The SMILES string of the molecule is CC=C(C)C(=O)OC1C(OC(C)=O)C2(CO)C(O)CC3(C)C(=CCC4C5(C)CCC(OC6OC(C(=O)O)C(O)C(OC7OC(CO)C(O)C7O)C6OC6OC(CO)C(O)C(O)C6O)C(C)(C)C5CCC43C)C2CC1(C)C. The van der Waals surface area contributed by atoms with Gasteiger partial charge >= 0.3 is 17.9 Å². The summed E-state index contributed by atoms with van der Waals surface area (Å²) in [5, 5.41) is 120. The van der Waals surface area contributed by atoms with E-state index in [-0.39, 0.29) is 23.7 Å². The number of hydrogen-bond donors (Lipinski definition) is 11. The summed E-state index contributed by atoms with van der Waals surface area (Å²) in [4.78, 5) is 39.2. The zero-order valence-corrected chi connectivity index (χ0v) is 45.3. The molecule has 0 bridgehead atoms. The maximum absolute atomic E-state index is 13.4. The van der Waals surface area contributed by atoms with Gasteiger partial charge in [-0.2, -0.15) is 0 Å². The number of carbonyl (C=O) groups is 3. The van der Waals surface area contributed by atoms with Gasteiger partial charge in [0.15, 0.2) is 25.0 Å². The third-order valence-electron chi connectivity index (χ3n) is 20.6. The molecular weight excluding hydrogens is 1000 g/mol. The fourth-order valence-electron chi connectivity index (χ4n) is 16.0. The molecule has 0 aromatic carbocycles. The highest BCUT2D eigenvalue weighted by Crippen LogP contribution is 2.76. The van der Waals surface area contributed by atoms with Crippen molar-refractivity contribution >= 4 is 17.9 Å². The predicted molar refractivity (Wildman–Crippen MR) is 262 cm³/mol. The quantitative estimate of drug-likeness (QED) is 0.0513. The molecule has 25 atom stereocenters. The number of aliphatic carboxylic acids is 1. The maximum Gasteiger partial charge on any atom is 0.335 e. The summed E-state index contributed by atoms with van der Waals surface area (Å²) >= 11 is 0. The molecule has 8 aliphatic rings. The molecule has 0 radical (unpaired) electrons. The summed E-state index contributed by atoms with van der Waals surface area (Å²) in [5.74, 6) is -3.33. The summed E-state index contributed by atoms with van der Waals surface area (Å²) in [6.07, 6.45) is -21.6. The van der Waals surface area contributed by atoms with Crippen molar-refractivity contribution in [1.82, 2.24) is 0 Å². The Morgan fingerprint density at radius 1 is 0.684 bits per heavy atom. The van der Waals surface area contributed by atoms with Crippen molar-refractivity contribution < 1.29 is 108 Å². The van der Waals surface area contributed by atoms with Gasteiger partial charge in [-0.25, -0.2) is 9.59 Å². The van der Waals surface area contributed by atoms with Crippen molar-refractivity contribution in [3.05, 3.63) is 23.3 Å². The van der Waals surface area contributed by atoms with E-state index in [1.807, 2.05) is 13.8 Å². The summed E-state index contributed by atoms with van der Waals surface area (Å²) in [6, 6.07) is 0. The van der Waals surface area contributed by atoms with Gasteiger partial charge in [-0.05, 0) is 98.2 Å². The summed E-state index contributed by atoms with van der Waals surface area (Å²) in [5.41, 5.74) is -2.88. The Hall–Kier alpha value is -2.75. The molecule has 11 N–H and O–H groups in total. The van der Waals surface area contributed by atoms with E-state index in [4.69, 9.17) is 37.9 Å². The lowest BCUT2D eigenvalue weighted by atomic mass is 9.33. The molecule has 0 spiro atoms. The first-order valence-electron chi connectivity index (χ1n) is 26.9. The van der Waals surface area contributed by atoms with Crippen LogP contribution in [0.4, 0.5) is 0 Å². The Morgan fingerprint density at radius 2 is 1.28 bits per heavy atom. The minimum Gasteiger partial charge on any atom is -0.479 e. The van der Waals surface area contributed by atoms with Gasteiger partial charge in [0.05, 0.1) is 37.4 Å². The minimum atomic E-state index is -2.10. The van der Waals surface area contributed by atoms with E-state index in [0.29, 0.717) is 44.1 Å². The van der Waals surface area contributed by atoms with Gasteiger partial charge < -0.3 is 94.1 Å². The topological polar surface area (TPSA) is 348 Å². The number of aliphatic hydroxyl groups excluding tert-OH is 10. The molecule has 3 aliphatic heterocycles. The van der Waals surface area contributed by atoms with Crippen molar-refractivity contribution in [3.63, 3.8) is 0 Å². The number of carbonyl (C=O) groups excluding carboxylic acids is 2. The second kappa shape index (κ2) is 21.3. The second-order valence-electron chi connectivity index (χ2n) is 25.2. The minimum absolute atomic E-state index is 0.0355. The monoisotopic (exact) mass is 1080 g/mol. The molecule has 0 aromatic heterocycles. The molecule has 3 heterocycles. The van der Waals surface area contributed by atoms with Gasteiger partial charge in [-0.3, -0.25) is 4.79 Å². The first-order valence-corrected chi connectivity index (χ1v) is 26.9. The van der Waals surface area contributed by atoms with Crippen LogP contribution in [0.15, 0.2) is 23.3 Å². The average molecular weight is 1090 g/mol. The molecule has 4 saturated carbocycles. The zero-order valence-electron chi connectivity index (χ0n) is 45.3. The molecule has 5 aliphatic carbocycles. The molecule has 76 heavy (non-hydrogen) atoms. The van der Waals surface area contributed by atoms with Gasteiger partial charge in [-0.15, -0.1) is 0 Å². The predicted octanol–water partition coefficient (Wildman–Crippen LogP) is 0.346. The first kappa shape index (κ1) is 59.4. The average Bonchev–Trinajstić information content (AvgIpc) is 3.65. The highest BCUT2D eigenvalue weighted by atomic mass is 16.8. The van der Waals surface area contributed by atoms with Crippen LogP contribution < -0.4 is 0 Å². The number of ether oxygens (including phenoxy) is 8. The molecule has 0 amide bonds. The summed E-state index contributed by atoms with van der Waals surface area (Å²) in [7, 11) is 0. The van der Waals surface area contributed by atoms with Gasteiger partial charge in [0.25, 0.3) is 0 Å². The number of rotatable bonds is 13. The van der Waals surface area contributed by atoms with E-state index in [0.717, 1.165) is 5.57 Å². The van der Waals surface area contributed by atoms with E-state index in [1.165, 1.54) is 6.92 Å². The molecule has 22 nitrogen and oxygen atoms in total. The number of hydrogen-bond acceptors (Lipinski definition) is 21. The van der Waals surface area contributed by atoms with Crippen molar-refractivity contribution in [2.45, 2.75) is 225 Å². The third kappa shape index (κ3) is 9.32. The summed E-state index contributed by atoms with van der Waals surface area (Å²) < 4.78 is 48.8. The number of allylic oxidation sites excluding steroid dienone is 3. The van der Waals surface area contributed by atoms with E-state index in [1.54, 1.807) is 19.9 Å². The van der Waals surface area contributed by atoms with E-state index in [9.17, 15) is 70.6 Å². The Labute approximate surface area is 443 Å². The van der Waals surface area contributed by atoms with Crippen LogP contribution in [0.2, 0.25) is 0 Å². The van der Waals surface area contributed by atoms with Crippen molar-refractivity contribution in [2.75, 3.05) is 19.8 Å². The second-order valence-corrected chi connectivity index (χ2v) is 25.2. The lowest BCUT2D eigenvalue weighted by molar-refractivity contribution is -0.386. The normalized spacial score (nSPS) is 49.8. The molecule has 7 fully saturated rings. The van der Waals surface area contributed by atoms with Crippen molar-refractivity contribution in [1.29, 1.82) is 0 Å². The molecule has 22 heteroatoms. The number of aliphatic hydroxyl groups is 10. The maximum atomic E-state index is 13.4. The highest BCUT2D eigenvalue weighted by Gasteiger charge is 2.74. The highest BCUT2D eigenvalue weighted by molar-refractivity contribution is 5.87. The van der Waals surface area contributed by atoms with Gasteiger partial charge in [0, 0.05) is 17.9 Å². The van der Waals surface area contributed by atoms with E-state index < -0.39 is 181 Å². The Balaban J connectivity index is 1.12. The molecule has 8 rings (SSSR count). The van der Waals surface area contributed by atoms with Crippen LogP contribution in [0, 0.1) is 50.2 Å². The number of fused-ring (bicyclic) bond motifs is 7. The number of esters is 2. The Bertz CT molecular complexity index is 2220. The summed E-state index contributed by atoms with van der Waals surface area (Å²) in [6.45, 7) is 17.3. The van der Waals surface area contributed by atoms with Gasteiger partial charge in [0.1, 0.15) is 73.2 Å². The van der Waals surface area contributed by atoms with Crippen LogP contribution >= 0.6 is 0 Å². The number of carboxylic acids is 1. The van der Waals surface area contributed by atoms with Crippen LogP contribution in [0.3, 0.4) is 0 Å². The van der Waals surface area contributed by atoms with Gasteiger partial charge in [-0.1, -0.05) is 66.2 Å². The fourth-order valence-corrected chi connectivity index (χ4v) is 16.0. The Kier molecular flexibility index (Phi) is 16.6. The van der Waals surface area contributed by atoms with Crippen LogP contribution in [-0.4, -0.2) is 204 Å². The number of carboxylic acid groups (broad SMARTS) is 1. The molecular formula is C54H84O22. The van der Waals surface area contributed by atoms with Crippen LogP contribution in [0.1, 0.15) is 114 Å². The van der Waals surface area contributed by atoms with Crippen molar-refractivity contribution in [2.24, 2.45) is 50.2 Å². The lowest BCUT2D eigenvalue weighted by Gasteiger charge is -2.72. The van der Waals surface area contributed by atoms with E-state index >= 15 is 0 Å². The Morgan fingerprint density at radius 3 is 1.84 bits per heavy atom. The molecule has 25 unspecified atom stereocenters. The van der Waals surface area contributed by atoms with E-state index in [2.05, 4.69) is 40.7 Å². The largest absolute Gasteiger partial charge is 0.479 e. The first-order chi connectivity index (χ1) is 35.4. The van der Waals surface area contributed by atoms with Crippen LogP contribution in [0.5, 0.6) is 0 Å². The molecule has 432 valence electrons. The molecule has 3 saturated heterocycles. The van der Waals surface area contributed by atoms with Crippen molar-refractivity contribution in [3.8, 4) is 0 Å². The fraction of sp³-hybridized carbons (Fsp3) is 0.870. The van der Waals surface area contributed by atoms with Crippen LogP contribution in [-0.2, 0) is 52.3 Å². The smallest absolute Gasteiger partial charge is 0.335 e. The van der Waals surface area contributed by atoms with Gasteiger partial charge in [0.2, 0.25) is 0 Å². The molecule has 0 aromatic rings. The lowest BCUT2D eigenvalue weighted by Crippen LogP contribution is -2.72. The standard InChI is InChI=1S/C54H84O22/c1-11-23(2)45(68)76-42-43(69-24(3)58)54(22-57)26(18-49(42,4)5)25-12-13-30-51(8)16-15-32(50(6,7)29(51)14-17-52(30,9)53(25,10)19-31(54)59)72-48-41(75-47-37(64)35(62)33(60)27(20-55)70-47)39(38(65)40(74-48)44(66)67)73-46-36(63)34(61)28(21-56)71-46/h11-12,26-43,46-48,55-57,59-65H,13-22H2,1-10H3,(H,66,67). The van der Waals surface area contributed by atoms with Crippen LogP contribution in [0.25, 0.3) is 0 Å².